The van der Waals surface area contributed by atoms with E-state index in [1.807, 2.05) is 0 Å². The molecule has 0 atom stereocenters. The normalized spacial score (nSPS) is 15.3. The SMILES string of the molecule is CC(C)[O][Ge][C]([Si](C)(C)C)([Si](C)(C)C)[Si](C)(C)C. The molecule has 0 amide bonds. The van der Waals surface area contributed by atoms with Crippen LogP contribution in [0.3, 0.4) is 0 Å². The van der Waals surface area contributed by atoms with Crippen molar-refractivity contribution < 1.29 is 3.76 Å². The van der Waals surface area contributed by atoms with Gasteiger partial charge < -0.3 is 0 Å². The van der Waals surface area contributed by atoms with Crippen LogP contribution in [0.5, 0.6) is 0 Å². The van der Waals surface area contributed by atoms with Crippen LogP contribution in [0.1, 0.15) is 13.8 Å². The summed E-state index contributed by atoms with van der Waals surface area (Å²) < 4.78 is 6.98. The molecule has 0 saturated heterocycles. The van der Waals surface area contributed by atoms with E-state index in [1.165, 1.54) is 0 Å². The Morgan fingerprint density at radius 2 is 1.00 bits per heavy atom. The molecule has 0 aliphatic heterocycles. The van der Waals surface area contributed by atoms with Gasteiger partial charge in [-0.25, -0.2) is 0 Å². The second kappa shape index (κ2) is 5.87. The van der Waals surface area contributed by atoms with E-state index in [-0.39, 0.29) is 15.8 Å². The predicted octanol–water partition coefficient (Wildman–Crippen LogP) is 4.82. The molecule has 0 aliphatic rings. The summed E-state index contributed by atoms with van der Waals surface area (Å²) in [5.41, 5.74) is 0. The average molecular weight is 363 g/mol. The Bertz CT molecular complexity index is 235. The fraction of sp³-hybridized carbons (Fsp3) is 1.00. The zero-order valence-corrected chi connectivity index (χ0v) is 19.6. The van der Waals surface area contributed by atoms with Crippen molar-refractivity contribution in [3.05, 3.63) is 0 Å². The molecule has 2 radical (unpaired) electrons. The van der Waals surface area contributed by atoms with Crippen LogP contribution in [0.15, 0.2) is 0 Å². The second-order valence-electron chi connectivity index (χ2n) is 8.77. The van der Waals surface area contributed by atoms with Crippen molar-refractivity contribution in [2.24, 2.45) is 0 Å². The van der Waals surface area contributed by atoms with E-state index in [0.29, 0.717) is 9.22 Å². The summed E-state index contributed by atoms with van der Waals surface area (Å²) in [5, 5.41) is 0. The van der Waals surface area contributed by atoms with E-state index in [4.69, 9.17) is 3.76 Å². The molecule has 1 nitrogen and oxygen atoms in total. The van der Waals surface area contributed by atoms with Gasteiger partial charge in [-0.1, -0.05) is 0 Å². The maximum absolute atomic E-state index is 6.32. The third-order valence-corrected chi connectivity index (χ3v) is 41.7. The van der Waals surface area contributed by atoms with Crippen LogP contribution in [0, 0.1) is 0 Å². The van der Waals surface area contributed by atoms with Gasteiger partial charge >= 0.3 is 126 Å². The summed E-state index contributed by atoms with van der Waals surface area (Å²) in [6, 6.07) is 0. The van der Waals surface area contributed by atoms with Crippen LogP contribution in [-0.2, 0) is 3.76 Å². The van der Waals surface area contributed by atoms with Gasteiger partial charge in [0.15, 0.2) is 0 Å². The summed E-state index contributed by atoms with van der Waals surface area (Å²) in [4.78, 5) is 0. The Kier molecular flexibility index (Phi) is 6.25. The molecule has 0 aromatic heterocycles. The molecule has 0 unspecified atom stereocenters. The van der Waals surface area contributed by atoms with Gasteiger partial charge in [-0.15, -0.1) is 0 Å². The second-order valence-corrected chi connectivity index (χ2v) is 31.7. The molecule has 0 N–H and O–H groups in total. The topological polar surface area (TPSA) is 9.23 Å². The molecule has 0 aromatic rings. The predicted molar refractivity (Wildman–Crippen MR) is 94.7 cm³/mol. The molecular formula is C13H34GeOSi3. The Labute approximate surface area is 125 Å². The summed E-state index contributed by atoms with van der Waals surface area (Å²) >= 11 is -0.310. The Balaban J connectivity index is 5.76. The van der Waals surface area contributed by atoms with Crippen LogP contribution < -0.4 is 0 Å². The van der Waals surface area contributed by atoms with Crippen LogP contribution in [0.25, 0.3) is 0 Å². The summed E-state index contributed by atoms with van der Waals surface area (Å²) in [7, 11) is -3.66. The molecule has 5 heteroatoms. The fourth-order valence-electron chi connectivity index (χ4n) is 4.04. The van der Waals surface area contributed by atoms with Gasteiger partial charge in [0.2, 0.25) is 0 Å². The summed E-state index contributed by atoms with van der Waals surface area (Å²) in [5.74, 6) is 0. The quantitative estimate of drug-likeness (QED) is 0.615. The number of hydrogen-bond acceptors (Lipinski definition) is 1. The van der Waals surface area contributed by atoms with Crippen molar-refractivity contribution in [1.29, 1.82) is 0 Å². The van der Waals surface area contributed by atoms with Crippen molar-refractivity contribution in [3.8, 4) is 0 Å². The molecular weight excluding hydrogens is 329 g/mol. The molecule has 0 fully saturated rings. The first-order valence-corrected chi connectivity index (χ1v) is 19.5. The number of rotatable bonds is 6. The first-order valence-electron chi connectivity index (χ1n) is 7.09. The first kappa shape index (κ1) is 19.2. The van der Waals surface area contributed by atoms with E-state index >= 15 is 0 Å². The van der Waals surface area contributed by atoms with Crippen molar-refractivity contribution in [1.82, 2.24) is 0 Å². The van der Waals surface area contributed by atoms with Crippen molar-refractivity contribution in [3.63, 3.8) is 0 Å². The summed E-state index contributed by atoms with van der Waals surface area (Å²) in [6.45, 7) is 27.7. The fourth-order valence-corrected chi connectivity index (χ4v) is 39.5. The molecule has 0 aromatic carbocycles. The third kappa shape index (κ3) is 3.84. The van der Waals surface area contributed by atoms with Crippen LogP contribution >= 0.6 is 0 Å². The maximum atomic E-state index is 6.32. The Hall–Kier alpha value is 1.15. The zero-order valence-electron chi connectivity index (χ0n) is 14.5. The molecule has 0 saturated carbocycles. The van der Waals surface area contributed by atoms with E-state index in [9.17, 15) is 0 Å². The first-order chi connectivity index (χ1) is 7.67. The average Bonchev–Trinajstić information content (AvgIpc) is 1.94. The van der Waals surface area contributed by atoms with E-state index in [2.05, 4.69) is 72.8 Å². The van der Waals surface area contributed by atoms with Crippen LogP contribution in [-0.4, -0.2) is 46.1 Å². The molecule has 0 aliphatic carbocycles. The molecule has 0 bridgehead atoms. The van der Waals surface area contributed by atoms with Crippen molar-refractivity contribution >= 4 is 40.0 Å². The minimum atomic E-state index is -1.22. The zero-order chi connectivity index (χ0) is 15.0. The minimum absolute atomic E-state index is 0.310. The van der Waals surface area contributed by atoms with Crippen molar-refractivity contribution in [2.75, 3.05) is 0 Å². The molecule has 0 heterocycles. The van der Waals surface area contributed by atoms with Gasteiger partial charge in [0.05, 0.1) is 0 Å². The van der Waals surface area contributed by atoms with Gasteiger partial charge in [0.1, 0.15) is 0 Å². The monoisotopic (exact) mass is 364 g/mol. The molecule has 0 rings (SSSR count). The van der Waals surface area contributed by atoms with E-state index in [0.717, 1.165) is 0 Å². The van der Waals surface area contributed by atoms with Crippen LogP contribution in [0.4, 0.5) is 0 Å². The van der Waals surface area contributed by atoms with Gasteiger partial charge in [-0.2, -0.15) is 0 Å². The third-order valence-electron chi connectivity index (χ3n) is 3.82. The summed E-state index contributed by atoms with van der Waals surface area (Å²) in [6.07, 6.45) is 0.411. The number of hydrogen-bond donors (Lipinski definition) is 0. The molecule has 18 heavy (non-hydrogen) atoms. The van der Waals surface area contributed by atoms with Gasteiger partial charge in [0.25, 0.3) is 0 Å². The molecule has 0 spiro atoms. The van der Waals surface area contributed by atoms with Gasteiger partial charge in [-0.3, -0.25) is 0 Å². The van der Waals surface area contributed by atoms with Crippen molar-refractivity contribution in [2.45, 2.75) is 82.0 Å². The van der Waals surface area contributed by atoms with Gasteiger partial charge in [0, 0.05) is 0 Å². The Morgan fingerprint density at radius 1 is 0.722 bits per heavy atom. The standard InChI is InChI=1S/C13H34GeOSi3/c1-12(2)15-14-13(16(3,4)5,17(6,7)8)18(9,10)11/h12H,1-11H3. The van der Waals surface area contributed by atoms with Gasteiger partial charge in [-0.05, 0) is 0 Å². The van der Waals surface area contributed by atoms with Crippen LogP contribution in [0.2, 0.25) is 62.0 Å². The molecule has 108 valence electrons. The van der Waals surface area contributed by atoms with E-state index in [1.54, 1.807) is 0 Å². The Morgan fingerprint density at radius 3 is 1.17 bits per heavy atom. The van der Waals surface area contributed by atoms with E-state index < -0.39 is 24.2 Å².